The number of ether oxygens (including phenoxy) is 1. The lowest BCUT2D eigenvalue weighted by Crippen LogP contribution is -2.53. The molecule has 0 aliphatic carbocycles. The number of Topliss-reactive ketones (excluding diaryl/α,β-unsaturated/α-hetero) is 1. The molecule has 11 heteroatoms. The first-order valence-electron chi connectivity index (χ1n) is 15.6. The Hall–Kier alpha value is -2.94. The number of aromatic nitrogens is 1. The van der Waals surface area contributed by atoms with Crippen molar-refractivity contribution in [2.75, 3.05) is 29.9 Å². The van der Waals surface area contributed by atoms with E-state index in [9.17, 15) is 28.2 Å². The topological polar surface area (TPSA) is 94.9 Å². The summed E-state index contributed by atoms with van der Waals surface area (Å²) in [5.41, 5.74) is 4.00. The monoisotopic (exact) mass is 651 g/mol. The van der Waals surface area contributed by atoms with Crippen LogP contribution in [-0.2, 0) is 4.79 Å². The molecule has 2 heterocycles. The lowest BCUT2D eigenvalue weighted by Gasteiger charge is -2.44. The average Bonchev–Trinajstić information content (AvgIpc) is 2.98. The molecule has 7 nitrogen and oxygen atoms in total. The van der Waals surface area contributed by atoms with Gasteiger partial charge in [0.05, 0.1) is 12.7 Å². The molecule has 1 aromatic heterocycles. The Bertz CT molecular complexity index is 1260. The SMILES string of the molecule is C=C(F)C(=O)C(C)CC.CCC/C=C(\c1c(N2CC(C(O)CO)C2)ccnc1Nc1ccc(OC(F)(F)P)cc1)C(CC)CC. The molecule has 1 aromatic carbocycles. The summed E-state index contributed by atoms with van der Waals surface area (Å²) >= 11 is 0. The second kappa shape index (κ2) is 18.3. The summed E-state index contributed by atoms with van der Waals surface area (Å²) in [6.07, 6.45) is 7.95. The minimum Gasteiger partial charge on any atom is -0.430 e. The number of aliphatic hydroxyl groups is 2. The molecule has 3 atom stereocenters. The first kappa shape index (κ1) is 38.2. The van der Waals surface area contributed by atoms with E-state index in [4.69, 9.17) is 0 Å². The summed E-state index contributed by atoms with van der Waals surface area (Å²) in [4.78, 5) is 17.5. The van der Waals surface area contributed by atoms with E-state index >= 15 is 0 Å². The molecule has 1 fully saturated rings. The van der Waals surface area contributed by atoms with Crippen molar-refractivity contribution in [3.63, 3.8) is 0 Å². The van der Waals surface area contributed by atoms with E-state index < -0.39 is 23.6 Å². The number of pyridine rings is 1. The third-order valence-corrected chi connectivity index (χ3v) is 8.09. The lowest BCUT2D eigenvalue weighted by molar-refractivity contribution is -0.120. The molecular formula is C34H49F3N3O4P. The molecule has 1 aliphatic heterocycles. The number of carbonyl (C=O) groups is 1. The summed E-state index contributed by atoms with van der Waals surface area (Å²) in [5.74, 6) is -3.73. The summed E-state index contributed by atoms with van der Waals surface area (Å²) < 4.78 is 43.0. The van der Waals surface area contributed by atoms with Gasteiger partial charge in [-0.3, -0.25) is 4.79 Å². The molecule has 1 aliphatic rings. The van der Waals surface area contributed by atoms with Crippen LogP contribution in [-0.4, -0.2) is 52.6 Å². The number of unbranched alkanes of at least 4 members (excludes halogenated alkanes) is 1. The summed E-state index contributed by atoms with van der Waals surface area (Å²) in [5, 5.41) is 22.8. The van der Waals surface area contributed by atoms with Gasteiger partial charge in [0.1, 0.15) is 11.6 Å². The zero-order valence-electron chi connectivity index (χ0n) is 27.0. The number of anilines is 3. The number of nitrogens with one attached hydrogen (secondary N) is 1. The second-order valence-corrected chi connectivity index (χ2v) is 12.0. The molecule has 0 amide bonds. The zero-order chi connectivity index (χ0) is 33.7. The fourth-order valence-electron chi connectivity index (χ4n) is 5.05. The number of allylic oxidation sites excluding steroid dienone is 3. The largest absolute Gasteiger partial charge is 0.430 e. The lowest BCUT2D eigenvalue weighted by atomic mass is 9.85. The molecule has 45 heavy (non-hydrogen) atoms. The minimum atomic E-state index is -3.33. The third kappa shape index (κ3) is 11.4. The van der Waals surface area contributed by atoms with E-state index in [2.05, 4.69) is 53.4 Å². The van der Waals surface area contributed by atoms with Crippen molar-refractivity contribution >= 4 is 37.8 Å². The zero-order valence-corrected chi connectivity index (χ0v) is 28.2. The van der Waals surface area contributed by atoms with Crippen LogP contribution in [0.1, 0.15) is 72.3 Å². The maximum absolute atomic E-state index is 13.2. The van der Waals surface area contributed by atoms with E-state index in [0.29, 0.717) is 36.9 Å². The van der Waals surface area contributed by atoms with Gasteiger partial charge in [-0.05, 0) is 76.7 Å². The Kier molecular flexibility index (Phi) is 15.5. The van der Waals surface area contributed by atoms with Gasteiger partial charge in [-0.1, -0.05) is 53.7 Å². The van der Waals surface area contributed by atoms with Crippen molar-refractivity contribution in [3.05, 3.63) is 60.6 Å². The van der Waals surface area contributed by atoms with Crippen LogP contribution in [0, 0.1) is 17.8 Å². The number of carbonyl (C=O) groups excluding carboxylic acids is 1. The van der Waals surface area contributed by atoms with E-state index in [1.807, 2.05) is 13.0 Å². The van der Waals surface area contributed by atoms with E-state index in [1.165, 1.54) is 26.9 Å². The molecule has 0 spiro atoms. The van der Waals surface area contributed by atoms with Gasteiger partial charge in [0.15, 0.2) is 11.6 Å². The highest BCUT2D eigenvalue weighted by atomic mass is 31.0. The molecular weight excluding hydrogens is 602 g/mol. The van der Waals surface area contributed by atoms with Crippen molar-refractivity contribution in [1.29, 1.82) is 0 Å². The molecule has 1 saturated heterocycles. The van der Waals surface area contributed by atoms with E-state index in [0.717, 1.165) is 36.9 Å². The predicted octanol–water partition coefficient (Wildman–Crippen LogP) is 8.12. The van der Waals surface area contributed by atoms with Gasteiger partial charge in [0, 0.05) is 48.1 Å². The van der Waals surface area contributed by atoms with Crippen LogP contribution in [0.4, 0.5) is 30.4 Å². The number of alkyl halides is 2. The number of aliphatic hydroxyl groups excluding tert-OH is 2. The number of halogens is 3. The van der Waals surface area contributed by atoms with Crippen molar-refractivity contribution in [2.45, 2.75) is 78.7 Å². The number of benzene rings is 1. The molecule has 3 unspecified atom stereocenters. The molecule has 0 bridgehead atoms. The maximum Gasteiger partial charge on any atom is 0.408 e. The van der Waals surface area contributed by atoms with Crippen LogP contribution >= 0.6 is 9.24 Å². The summed E-state index contributed by atoms with van der Waals surface area (Å²) in [6, 6.07) is 8.37. The number of ketones is 1. The third-order valence-electron chi connectivity index (χ3n) is 7.98. The van der Waals surface area contributed by atoms with Gasteiger partial charge < -0.3 is 25.2 Å². The quantitative estimate of drug-likeness (QED) is 0.125. The Morgan fingerprint density at radius 2 is 1.80 bits per heavy atom. The van der Waals surface area contributed by atoms with Crippen molar-refractivity contribution in [1.82, 2.24) is 4.98 Å². The number of hydrogen-bond acceptors (Lipinski definition) is 7. The minimum absolute atomic E-state index is 0.0195. The Morgan fingerprint density at radius 3 is 2.27 bits per heavy atom. The number of rotatable bonds is 16. The molecule has 250 valence electrons. The summed E-state index contributed by atoms with van der Waals surface area (Å²) in [7, 11) is 1.37. The molecule has 3 rings (SSSR count). The van der Waals surface area contributed by atoms with Crippen molar-refractivity contribution in [3.8, 4) is 5.75 Å². The molecule has 0 saturated carbocycles. The first-order chi connectivity index (χ1) is 21.3. The van der Waals surface area contributed by atoms with Crippen LogP contribution in [0.25, 0.3) is 5.57 Å². The molecule has 2 aromatic rings. The van der Waals surface area contributed by atoms with Crippen LogP contribution in [0.15, 0.2) is 55.0 Å². The van der Waals surface area contributed by atoms with Gasteiger partial charge in [0.2, 0.25) is 0 Å². The van der Waals surface area contributed by atoms with Crippen LogP contribution in [0.5, 0.6) is 5.75 Å². The van der Waals surface area contributed by atoms with Crippen LogP contribution < -0.4 is 15.0 Å². The number of nitrogens with zero attached hydrogens (tertiary/aromatic N) is 2. The van der Waals surface area contributed by atoms with Crippen LogP contribution in [0.2, 0.25) is 0 Å². The Morgan fingerprint density at radius 1 is 1.18 bits per heavy atom. The fraction of sp³-hybridized carbons (Fsp3) is 0.529. The highest BCUT2D eigenvalue weighted by Gasteiger charge is 2.35. The van der Waals surface area contributed by atoms with E-state index in [1.54, 1.807) is 25.3 Å². The maximum atomic E-state index is 13.2. The highest BCUT2D eigenvalue weighted by Crippen LogP contribution is 2.42. The van der Waals surface area contributed by atoms with Crippen LogP contribution in [0.3, 0.4) is 0 Å². The summed E-state index contributed by atoms with van der Waals surface area (Å²) in [6.45, 7) is 14.0. The van der Waals surface area contributed by atoms with Gasteiger partial charge in [0.25, 0.3) is 0 Å². The smallest absolute Gasteiger partial charge is 0.408 e. The standard InChI is InChI=1S/C27H38F2N3O3P.C7H11FO/c1-4-7-8-22(18(5-2)6-3)25-23(32-15-19(16-32)24(34)17-33)13-14-30-26(25)31-20-9-11-21(12-10-20)35-27(28,29)36;1-4-5(2)7(9)6(3)8/h8-14,18-19,24,33-34H,4-7,15-17,36H2,1-3H3,(H,30,31);5H,3-4H2,1-2H3/b22-8-;. The Labute approximate surface area is 268 Å². The van der Waals surface area contributed by atoms with Crippen molar-refractivity contribution < 1.29 is 32.9 Å². The fourth-order valence-corrected chi connectivity index (χ4v) is 5.19. The van der Waals surface area contributed by atoms with E-state index in [-0.39, 0.29) is 24.2 Å². The van der Waals surface area contributed by atoms with Crippen molar-refractivity contribution in [2.24, 2.45) is 17.8 Å². The van der Waals surface area contributed by atoms with Gasteiger partial charge in [-0.2, -0.15) is 8.78 Å². The van der Waals surface area contributed by atoms with Gasteiger partial charge in [-0.15, -0.1) is 0 Å². The Balaban J connectivity index is 0.000000681. The van der Waals surface area contributed by atoms with Gasteiger partial charge >= 0.3 is 5.85 Å². The predicted molar refractivity (Wildman–Crippen MR) is 180 cm³/mol. The molecule has 3 N–H and O–H groups in total. The average molecular weight is 652 g/mol. The first-order valence-corrected chi connectivity index (χ1v) is 16.2. The second-order valence-electron chi connectivity index (χ2n) is 11.3. The highest BCUT2D eigenvalue weighted by molar-refractivity contribution is 7.17. The molecule has 0 radical (unpaired) electrons. The van der Waals surface area contributed by atoms with Gasteiger partial charge in [-0.25, -0.2) is 9.37 Å². The number of hydrogen-bond donors (Lipinski definition) is 3. The normalized spacial score (nSPS) is 15.1.